The summed E-state index contributed by atoms with van der Waals surface area (Å²) in [6.07, 6.45) is -4.49. The largest absolute Gasteiger partial charge is 0.416 e. The van der Waals surface area contributed by atoms with E-state index in [1.54, 1.807) is 31.2 Å². The number of nitrogens with one attached hydrogen (secondary N) is 1. The van der Waals surface area contributed by atoms with Gasteiger partial charge in [-0.05, 0) is 31.2 Å². The Bertz CT molecular complexity index is 1040. The maximum absolute atomic E-state index is 13.3. The molecule has 10 heteroatoms. The van der Waals surface area contributed by atoms with E-state index in [2.05, 4.69) is 31.4 Å². The molecule has 1 atom stereocenters. The van der Waals surface area contributed by atoms with Crippen molar-refractivity contribution in [3.63, 3.8) is 0 Å². The fraction of sp³-hybridized carbons (Fsp3) is 0.211. The Kier molecular flexibility index (Phi) is 6.33. The van der Waals surface area contributed by atoms with Crippen LogP contribution in [0.3, 0.4) is 0 Å². The number of carbonyl (C=O) groups is 1. The first-order chi connectivity index (χ1) is 13.7. The van der Waals surface area contributed by atoms with Gasteiger partial charge in [-0.2, -0.15) is 13.2 Å². The summed E-state index contributed by atoms with van der Waals surface area (Å²) in [5, 5.41) is 10.7. The number of amides is 1. The van der Waals surface area contributed by atoms with Crippen molar-refractivity contribution in [3.8, 4) is 17.1 Å². The van der Waals surface area contributed by atoms with Gasteiger partial charge in [0.2, 0.25) is 5.91 Å². The molecule has 1 amide bonds. The molecule has 0 radical (unpaired) electrons. The fourth-order valence-corrected chi connectivity index (χ4v) is 4.02. The number of halogens is 4. The average Bonchev–Trinajstić information content (AvgIpc) is 3.10. The molecule has 1 unspecified atom stereocenters. The van der Waals surface area contributed by atoms with Crippen molar-refractivity contribution in [3.05, 3.63) is 58.6 Å². The molecule has 0 saturated heterocycles. The number of thioether (sulfide) groups is 1. The molecule has 3 aromatic rings. The second-order valence-corrected chi connectivity index (χ2v) is 8.21. The van der Waals surface area contributed by atoms with Crippen LogP contribution in [0.2, 0.25) is 0 Å². The highest BCUT2D eigenvalue weighted by molar-refractivity contribution is 9.10. The highest BCUT2D eigenvalue weighted by Gasteiger charge is 2.31. The van der Waals surface area contributed by atoms with Crippen LogP contribution in [-0.4, -0.2) is 33.0 Å². The lowest BCUT2D eigenvalue weighted by atomic mass is 10.1. The first-order valence-electron chi connectivity index (χ1n) is 8.48. The van der Waals surface area contributed by atoms with Gasteiger partial charge in [-0.3, -0.25) is 9.36 Å². The van der Waals surface area contributed by atoms with Crippen molar-refractivity contribution >= 4 is 33.6 Å². The smallest absolute Gasteiger partial charge is 0.358 e. The lowest BCUT2D eigenvalue weighted by molar-refractivity contribution is -0.137. The summed E-state index contributed by atoms with van der Waals surface area (Å²) >= 11 is 4.56. The second-order valence-electron chi connectivity index (χ2n) is 6.04. The lowest BCUT2D eigenvalue weighted by Gasteiger charge is -2.15. The first-order valence-corrected chi connectivity index (χ1v) is 10.2. The third kappa shape index (κ3) is 4.64. The van der Waals surface area contributed by atoms with E-state index in [-0.39, 0.29) is 11.6 Å². The number of rotatable bonds is 5. The topological polar surface area (TPSA) is 59.8 Å². The quantitative estimate of drug-likeness (QED) is 0.521. The van der Waals surface area contributed by atoms with E-state index in [0.29, 0.717) is 16.5 Å². The van der Waals surface area contributed by atoms with Gasteiger partial charge < -0.3 is 5.32 Å². The van der Waals surface area contributed by atoms with Crippen LogP contribution >= 0.6 is 27.7 Å². The van der Waals surface area contributed by atoms with Gasteiger partial charge in [0.05, 0.1) is 16.5 Å². The van der Waals surface area contributed by atoms with Crippen LogP contribution in [0.5, 0.6) is 0 Å². The van der Waals surface area contributed by atoms with Crippen LogP contribution in [0.15, 0.2) is 58.2 Å². The second kappa shape index (κ2) is 8.58. The van der Waals surface area contributed by atoms with Crippen LogP contribution < -0.4 is 5.32 Å². The van der Waals surface area contributed by atoms with Crippen LogP contribution in [0.4, 0.5) is 13.2 Å². The fourth-order valence-electron chi connectivity index (χ4n) is 2.63. The molecule has 2 aromatic carbocycles. The molecule has 0 spiro atoms. The minimum absolute atomic E-state index is 0.226. The molecule has 0 aliphatic carbocycles. The number of nitrogens with zero attached hydrogens (tertiary/aromatic N) is 3. The minimum atomic E-state index is -4.49. The number of aromatic nitrogens is 3. The van der Waals surface area contributed by atoms with Crippen LogP contribution in [0.1, 0.15) is 12.5 Å². The van der Waals surface area contributed by atoms with Crippen molar-refractivity contribution in [1.82, 2.24) is 20.1 Å². The van der Waals surface area contributed by atoms with E-state index in [9.17, 15) is 18.0 Å². The van der Waals surface area contributed by atoms with Crippen molar-refractivity contribution in [1.29, 1.82) is 0 Å². The molecule has 3 rings (SSSR count). The van der Waals surface area contributed by atoms with Gasteiger partial charge in [0, 0.05) is 17.1 Å². The van der Waals surface area contributed by atoms with Gasteiger partial charge in [-0.1, -0.05) is 52.0 Å². The van der Waals surface area contributed by atoms with Crippen LogP contribution in [0.25, 0.3) is 17.1 Å². The van der Waals surface area contributed by atoms with Crippen molar-refractivity contribution in [2.75, 3.05) is 7.05 Å². The molecule has 1 aromatic heterocycles. The standard InChI is InChI=1S/C19H16BrF3N4OS/c1-11(17(28)24-2)29-18-26-25-16(14-8-3-4-9-15(14)20)27(18)13-7-5-6-12(10-13)19(21,22)23/h3-11H,1-2H3,(H,24,28). The van der Waals surface area contributed by atoms with E-state index in [4.69, 9.17) is 0 Å². The van der Waals surface area contributed by atoms with Gasteiger partial charge >= 0.3 is 6.18 Å². The summed E-state index contributed by atoms with van der Waals surface area (Å²) in [5.41, 5.74) is 0.135. The third-order valence-electron chi connectivity index (χ3n) is 4.08. The normalized spacial score (nSPS) is 12.6. The maximum atomic E-state index is 13.3. The number of hydrogen-bond acceptors (Lipinski definition) is 4. The molecule has 1 heterocycles. The Morgan fingerprint density at radius 2 is 1.90 bits per heavy atom. The Balaban J connectivity index is 2.18. The molecule has 0 aliphatic rings. The Labute approximate surface area is 177 Å². The minimum Gasteiger partial charge on any atom is -0.358 e. The molecule has 1 N–H and O–H groups in total. The van der Waals surface area contributed by atoms with Crippen molar-refractivity contribution in [2.45, 2.75) is 23.5 Å². The summed E-state index contributed by atoms with van der Waals surface area (Å²) in [5.74, 6) is 0.138. The van der Waals surface area contributed by atoms with Gasteiger partial charge in [0.25, 0.3) is 0 Å². The lowest BCUT2D eigenvalue weighted by Crippen LogP contribution is -2.27. The van der Waals surface area contributed by atoms with Gasteiger partial charge in [-0.15, -0.1) is 10.2 Å². The summed E-state index contributed by atoms with van der Waals surface area (Å²) in [4.78, 5) is 11.9. The zero-order valence-corrected chi connectivity index (χ0v) is 17.8. The van der Waals surface area contributed by atoms with Gasteiger partial charge in [0.15, 0.2) is 11.0 Å². The van der Waals surface area contributed by atoms with E-state index < -0.39 is 17.0 Å². The van der Waals surface area contributed by atoms with Gasteiger partial charge in [0.1, 0.15) is 0 Å². The summed E-state index contributed by atoms with van der Waals surface area (Å²) < 4.78 is 42.0. The van der Waals surface area contributed by atoms with E-state index in [0.717, 1.165) is 28.4 Å². The molecular formula is C19H16BrF3N4OS. The molecule has 0 bridgehead atoms. The Morgan fingerprint density at radius 1 is 1.17 bits per heavy atom. The monoisotopic (exact) mass is 484 g/mol. The maximum Gasteiger partial charge on any atom is 0.416 e. The van der Waals surface area contributed by atoms with Crippen LogP contribution in [-0.2, 0) is 11.0 Å². The predicted molar refractivity (Wildman–Crippen MR) is 109 cm³/mol. The summed E-state index contributed by atoms with van der Waals surface area (Å²) in [6, 6.07) is 12.1. The van der Waals surface area contributed by atoms with Crippen LogP contribution in [0, 0.1) is 0 Å². The Morgan fingerprint density at radius 3 is 2.55 bits per heavy atom. The molecule has 5 nitrogen and oxygen atoms in total. The molecule has 29 heavy (non-hydrogen) atoms. The molecule has 0 aliphatic heterocycles. The number of carbonyl (C=O) groups excluding carboxylic acids is 1. The zero-order valence-electron chi connectivity index (χ0n) is 15.4. The first kappa shape index (κ1) is 21.4. The van der Waals surface area contributed by atoms with Crippen molar-refractivity contribution in [2.24, 2.45) is 0 Å². The van der Waals surface area contributed by atoms with E-state index in [1.165, 1.54) is 17.7 Å². The zero-order chi connectivity index (χ0) is 21.2. The molecular weight excluding hydrogens is 469 g/mol. The SMILES string of the molecule is CNC(=O)C(C)Sc1nnc(-c2ccccc2Br)n1-c1cccc(C(F)(F)F)c1. The molecule has 0 saturated carbocycles. The summed E-state index contributed by atoms with van der Waals surface area (Å²) in [6.45, 7) is 1.69. The molecule has 152 valence electrons. The Hall–Kier alpha value is -2.33. The number of hydrogen-bond donors (Lipinski definition) is 1. The predicted octanol–water partition coefficient (Wildman–Crippen LogP) is 4.94. The highest BCUT2D eigenvalue weighted by atomic mass is 79.9. The summed E-state index contributed by atoms with van der Waals surface area (Å²) in [7, 11) is 1.52. The van der Waals surface area contributed by atoms with E-state index in [1.807, 2.05) is 6.07 Å². The highest BCUT2D eigenvalue weighted by Crippen LogP contribution is 2.35. The van der Waals surface area contributed by atoms with E-state index >= 15 is 0 Å². The van der Waals surface area contributed by atoms with Crippen molar-refractivity contribution < 1.29 is 18.0 Å². The average molecular weight is 485 g/mol. The van der Waals surface area contributed by atoms with Gasteiger partial charge in [-0.25, -0.2) is 0 Å². The molecule has 0 fully saturated rings. The third-order valence-corrected chi connectivity index (χ3v) is 5.81. The number of benzene rings is 2. The number of alkyl halides is 3.